The molecule has 7 heteroatoms. The molecule has 0 heterocycles. The van der Waals surface area contributed by atoms with Crippen molar-refractivity contribution in [1.29, 1.82) is 5.26 Å². The highest BCUT2D eigenvalue weighted by Crippen LogP contribution is 1.79. The maximum atomic E-state index is 11.1. The van der Waals surface area contributed by atoms with Crippen molar-refractivity contribution in [3.63, 3.8) is 0 Å². The summed E-state index contributed by atoms with van der Waals surface area (Å²) >= 11 is 0. The van der Waals surface area contributed by atoms with Gasteiger partial charge < -0.3 is 16.0 Å². The van der Waals surface area contributed by atoms with Crippen molar-refractivity contribution in [1.82, 2.24) is 16.0 Å². The lowest BCUT2D eigenvalue weighted by Crippen LogP contribution is -2.41. The Balaban J connectivity index is 3.67. The second-order valence-electron chi connectivity index (χ2n) is 3.20. The fourth-order valence-corrected chi connectivity index (χ4v) is 0.923. The van der Waals surface area contributed by atoms with Gasteiger partial charge in [0.2, 0.25) is 5.91 Å². The molecule has 94 valence electrons. The molecule has 0 aliphatic heterocycles. The highest BCUT2D eigenvalue weighted by atomic mass is 16.2. The molecular formula is C10H16N4O3. The van der Waals surface area contributed by atoms with Gasteiger partial charge in [-0.15, -0.1) is 0 Å². The zero-order valence-electron chi connectivity index (χ0n) is 9.71. The summed E-state index contributed by atoms with van der Waals surface area (Å²) in [6.07, 6.45) is 0.964. The van der Waals surface area contributed by atoms with Crippen LogP contribution in [0.5, 0.6) is 0 Å². The molecule has 0 radical (unpaired) electrons. The predicted octanol–water partition coefficient (Wildman–Crippen LogP) is -1.34. The largest absolute Gasteiger partial charge is 0.356 e. The SMILES string of the molecule is CCCNC(=O)CCNC(=O)C(=O)NCC#N. The summed E-state index contributed by atoms with van der Waals surface area (Å²) < 4.78 is 0. The van der Waals surface area contributed by atoms with Crippen LogP contribution in [0, 0.1) is 11.3 Å². The van der Waals surface area contributed by atoms with E-state index in [4.69, 9.17) is 5.26 Å². The summed E-state index contributed by atoms with van der Waals surface area (Å²) in [5.74, 6) is -1.89. The lowest BCUT2D eigenvalue weighted by molar-refractivity contribution is -0.139. The van der Waals surface area contributed by atoms with Gasteiger partial charge in [0.15, 0.2) is 0 Å². The number of rotatable bonds is 6. The Morgan fingerprint density at radius 1 is 1.06 bits per heavy atom. The van der Waals surface area contributed by atoms with E-state index in [0.29, 0.717) is 6.54 Å². The van der Waals surface area contributed by atoms with E-state index in [1.807, 2.05) is 6.92 Å². The molecule has 0 aromatic rings. The van der Waals surface area contributed by atoms with Crippen molar-refractivity contribution in [2.75, 3.05) is 19.6 Å². The summed E-state index contributed by atoms with van der Waals surface area (Å²) in [4.78, 5) is 33.2. The number of carbonyl (C=O) groups is 3. The van der Waals surface area contributed by atoms with Crippen molar-refractivity contribution in [3.8, 4) is 6.07 Å². The lowest BCUT2D eigenvalue weighted by atomic mass is 10.3. The maximum Gasteiger partial charge on any atom is 0.310 e. The number of nitriles is 1. The van der Waals surface area contributed by atoms with Crippen LogP contribution in [-0.2, 0) is 14.4 Å². The van der Waals surface area contributed by atoms with Gasteiger partial charge >= 0.3 is 11.8 Å². The van der Waals surface area contributed by atoms with Crippen molar-refractivity contribution >= 4 is 17.7 Å². The van der Waals surface area contributed by atoms with Crippen molar-refractivity contribution in [3.05, 3.63) is 0 Å². The van der Waals surface area contributed by atoms with Gasteiger partial charge in [0.1, 0.15) is 6.54 Å². The molecule has 0 aromatic carbocycles. The standard InChI is InChI=1S/C10H16N4O3/c1-2-5-12-8(15)3-6-13-9(16)10(17)14-7-4-11/h2-3,5-7H2,1H3,(H,12,15)(H,13,16)(H,14,17). The van der Waals surface area contributed by atoms with Gasteiger partial charge in [-0.05, 0) is 6.42 Å². The Kier molecular flexibility index (Phi) is 8.02. The van der Waals surface area contributed by atoms with Crippen LogP contribution >= 0.6 is 0 Å². The van der Waals surface area contributed by atoms with Gasteiger partial charge in [0, 0.05) is 19.5 Å². The van der Waals surface area contributed by atoms with Crippen LogP contribution in [0.1, 0.15) is 19.8 Å². The second-order valence-corrected chi connectivity index (χ2v) is 3.20. The van der Waals surface area contributed by atoms with Crippen molar-refractivity contribution in [2.24, 2.45) is 0 Å². The minimum atomic E-state index is -0.875. The van der Waals surface area contributed by atoms with Crippen LogP contribution < -0.4 is 16.0 Å². The summed E-state index contributed by atoms with van der Waals surface area (Å²) in [5, 5.41) is 15.2. The molecule has 0 fully saturated rings. The zero-order valence-corrected chi connectivity index (χ0v) is 9.71. The average molecular weight is 240 g/mol. The van der Waals surface area contributed by atoms with Crippen LogP contribution in [0.15, 0.2) is 0 Å². The quantitative estimate of drug-likeness (QED) is 0.394. The number of nitrogens with zero attached hydrogens (tertiary/aromatic N) is 1. The molecule has 17 heavy (non-hydrogen) atoms. The Morgan fingerprint density at radius 3 is 2.29 bits per heavy atom. The first kappa shape index (κ1) is 14.9. The van der Waals surface area contributed by atoms with Gasteiger partial charge in [0.05, 0.1) is 6.07 Å². The molecule has 0 rings (SSSR count). The second kappa shape index (κ2) is 9.15. The zero-order chi connectivity index (χ0) is 13.1. The number of hydrogen-bond acceptors (Lipinski definition) is 4. The number of carbonyl (C=O) groups excluding carboxylic acids is 3. The third kappa shape index (κ3) is 7.79. The first-order valence-corrected chi connectivity index (χ1v) is 5.31. The maximum absolute atomic E-state index is 11.1. The van der Waals surface area contributed by atoms with Crippen LogP contribution in [0.3, 0.4) is 0 Å². The number of nitrogens with one attached hydrogen (secondary N) is 3. The number of hydrogen-bond donors (Lipinski definition) is 3. The van der Waals surface area contributed by atoms with E-state index < -0.39 is 11.8 Å². The minimum Gasteiger partial charge on any atom is -0.356 e. The molecular weight excluding hydrogens is 224 g/mol. The van der Waals surface area contributed by atoms with Crippen LogP contribution in [-0.4, -0.2) is 37.4 Å². The molecule has 7 nitrogen and oxygen atoms in total. The van der Waals surface area contributed by atoms with E-state index >= 15 is 0 Å². The van der Waals surface area contributed by atoms with Crippen molar-refractivity contribution in [2.45, 2.75) is 19.8 Å². The van der Waals surface area contributed by atoms with E-state index in [1.54, 1.807) is 6.07 Å². The van der Waals surface area contributed by atoms with Crippen LogP contribution in [0.25, 0.3) is 0 Å². The molecule has 0 aliphatic carbocycles. The molecule has 0 aromatic heterocycles. The molecule has 0 bridgehead atoms. The Hall–Kier alpha value is -2.10. The predicted molar refractivity (Wildman–Crippen MR) is 59.6 cm³/mol. The van der Waals surface area contributed by atoms with Gasteiger partial charge in [-0.2, -0.15) is 5.26 Å². The van der Waals surface area contributed by atoms with Crippen LogP contribution in [0.4, 0.5) is 0 Å². The third-order valence-corrected chi connectivity index (χ3v) is 1.74. The van der Waals surface area contributed by atoms with Gasteiger partial charge in [0.25, 0.3) is 0 Å². The lowest BCUT2D eigenvalue weighted by Gasteiger charge is -2.05. The highest BCUT2D eigenvalue weighted by molar-refractivity contribution is 6.35. The van der Waals surface area contributed by atoms with E-state index in [9.17, 15) is 14.4 Å². The first-order chi connectivity index (χ1) is 8.11. The fourth-order valence-electron chi connectivity index (χ4n) is 0.923. The van der Waals surface area contributed by atoms with Crippen LogP contribution in [0.2, 0.25) is 0 Å². The van der Waals surface area contributed by atoms with Gasteiger partial charge in [-0.3, -0.25) is 14.4 Å². The molecule has 0 aliphatic rings. The Bertz CT molecular complexity index is 322. The van der Waals surface area contributed by atoms with Crippen molar-refractivity contribution < 1.29 is 14.4 Å². The third-order valence-electron chi connectivity index (χ3n) is 1.74. The smallest absolute Gasteiger partial charge is 0.310 e. The summed E-state index contributed by atoms with van der Waals surface area (Å²) in [5.41, 5.74) is 0. The molecule has 3 amide bonds. The monoisotopic (exact) mass is 240 g/mol. The summed E-state index contributed by atoms with van der Waals surface area (Å²) in [7, 11) is 0. The molecule has 0 unspecified atom stereocenters. The first-order valence-electron chi connectivity index (χ1n) is 5.31. The minimum absolute atomic E-state index is 0.0916. The van der Waals surface area contributed by atoms with Gasteiger partial charge in [-0.25, -0.2) is 0 Å². The van der Waals surface area contributed by atoms with E-state index in [0.717, 1.165) is 6.42 Å². The normalized spacial score (nSPS) is 8.94. The summed E-state index contributed by atoms with van der Waals surface area (Å²) in [6.45, 7) is 2.40. The molecule has 0 saturated carbocycles. The summed E-state index contributed by atoms with van der Waals surface area (Å²) in [6, 6.07) is 1.67. The molecule has 0 spiro atoms. The average Bonchev–Trinajstić information content (AvgIpc) is 2.33. The van der Waals surface area contributed by atoms with E-state index in [-0.39, 0.29) is 25.4 Å². The number of amides is 3. The fraction of sp³-hybridized carbons (Fsp3) is 0.600. The topological polar surface area (TPSA) is 111 Å². The Morgan fingerprint density at radius 2 is 1.71 bits per heavy atom. The highest BCUT2D eigenvalue weighted by Gasteiger charge is 2.12. The molecule has 3 N–H and O–H groups in total. The van der Waals surface area contributed by atoms with Gasteiger partial charge in [-0.1, -0.05) is 6.92 Å². The molecule has 0 saturated heterocycles. The van der Waals surface area contributed by atoms with E-state index in [2.05, 4.69) is 16.0 Å². The Labute approximate surface area is 99.6 Å². The van der Waals surface area contributed by atoms with E-state index in [1.165, 1.54) is 0 Å². The molecule has 0 atom stereocenters.